The van der Waals surface area contributed by atoms with Crippen molar-refractivity contribution in [2.75, 3.05) is 44.2 Å². The Morgan fingerprint density at radius 1 is 1.06 bits per heavy atom. The molecule has 2 saturated heterocycles. The number of amides is 1. The molecule has 188 valence electrons. The van der Waals surface area contributed by atoms with Gasteiger partial charge in [0.15, 0.2) is 5.69 Å². The van der Waals surface area contributed by atoms with E-state index in [1.54, 1.807) is 12.1 Å². The number of nitro groups is 1. The number of anilines is 1. The lowest BCUT2D eigenvalue weighted by Gasteiger charge is -2.41. The van der Waals surface area contributed by atoms with E-state index in [4.69, 9.17) is 5.10 Å². The third-order valence-electron chi connectivity index (χ3n) is 7.86. The maximum absolute atomic E-state index is 13.4. The smallest absolute Gasteiger partial charge is 0.274 e. The van der Waals surface area contributed by atoms with Crippen LogP contribution < -0.4 is 4.90 Å². The van der Waals surface area contributed by atoms with Crippen molar-refractivity contribution in [1.29, 1.82) is 0 Å². The molecule has 1 amide bonds. The number of rotatable bonds is 6. The number of carbonyl (C=O) groups excluding carboxylic acids is 1. The lowest BCUT2D eigenvalue weighted by Crippen LogP contribution is -2.52. The van der Waals surface area contributed by atoms with Crippen LogP contribution in [0.15, 0.2) is 24.3 Å². The number of likely N-dealkylation sites (tertiary alicyclic amines) is 1. The van der Waals surface area contributed by atoms with Crippen LogP contribution in [0.2, 0.25) is 0 Å². The molecule has 0 radical (unpaired) electrons. The summed E-state index contributed by atoms with van der Waals surface area (Å²) in [5.74, 6) is 0.124. The molecule has 2 fully saturated rings. The van der Waals surface area contributed by atoms with E-state index in [-0.39, 0.29) is 16.5 Å². The number of benzene rings is 1. The van der Waals surface area contributed by atoms with Gasteiger partial charge in [0.05, 0.1) is 4.92 Å². The van der Waals surface area contributed by atoms with Crippen molar-refractivity contribution in [1.82, 2.24) is 19.6 Å². The van der Waals surface area contributed by atoms with Gasteiger partial charge >= 0.3 is 0 Å². The highest BCUT2D eigenvalue weighted by Gasteiger charge is 2.34. The molecule has 0 saturated carbocycles. The zero-order valence-corrected chi connectivity index (χ0v) is 20.7. The van der Waals surface area contributed by atoms with Gasteiger partial charge in [-0.3, -0.25) is 24.5 Å². The van der Waals surface area contributed by atoms with E-state index in [9.17, 15) is 14.9 Å². The van der Waals surface area contributed by atoms with E-state index in [1.807, 2.05) is 17.0 Å². The fourth-order valence-electron chi connectivity index (χ4n) is 5.93. The van der Waals surface area contributed by atoms with E-state index in [1.165, 1.54) is 17.7 Å². The Kier molecular flexibility index (Phi) is 7.04. The van der Waals surface area contributed by atoms with Gasteiger partial charge in [0.1, 0.15) is 0 Å². The molecule has 0 spiro atoms. The van der Waals surface area contributed by atoms with Crippen molar-refractivity contribution in [3.8, 4) is 0 Å². The number of piperazine rings is 1. The summed E-state index contributed by atoms with van der Waals surface area (Å²) < 4.78 is 2.11. The number of hydrogen-bond acceptors (Lipinski definition) is 6. The first-order valence-corrected chi connectivity index (χ1v) is 13.2. The molecule has 9 heteroatoms. The number of aryl methyl sites for hydroxylation is 1. The average molecular weight is 481 g/mol. The van der Waals surface area contributed by atoms with Crippen molar-refractivity contribution >= 4 is 17.3 Å². The molecule has 1 aromatic carbocycles. The second-order valence-corrected chi connectivity index (χ2v) is 10.0. The Bertz CT molecular complexity index is 1050. The highest BCUT2D eigenvalue weighted by atomic mass is 16.6. The predicted molar refractivity (Wildman–Crippen MR) is 135 cm³/mol. The molecule has 1 aliphatic carbocycles. The molecule has 1 atom stereocenters. The standard InChI is InChI=1S/C26H36N6O3/c1-2-12-31-24-11-10-22(19-23(24)25(27-31)26(33)30-13-4-3-5-14-30)29-17-15-28(16-18-29)20-6-8-21(9-7-20)32(34)35/h6-9,22H,2-5,10-19H2,1H3. The quantitative estimate of drug-likeness (QED) is 0.465. The van der Waals surface area contributed by atoms with Gasteiger partial charge in [-0.15, -0.1) is 0 Å². The lowest BCUT2D eigenvalue weighted by atomic mass is 9.89. The molecule has 2 aliphatic heterocycles. The van der Waals surface area contributed by atoms with Crippen LogP contribution in [0.1, 0.15) is 60.8 Å². The molecule has 5 rings (SSSR count). The second kappa shape index (κ2) is 10.4. The maximum atomic E-state index is 13.4. The van der Waals surface area contributed by atoms with Crippen LogP contribution in [0.25, 0.3) is 0 Å². The van der Waals surface area contributed by atoms with Gasteiger partial charge in [-0.1, -0.05) is 6.92 Å². The first-order chi connectivity index (χ1) is 17.0. The fourth-order valence-corrected chi connectivity index (χ4v) is 5.93. The Morgan fingerprint density at radius 3 is 2.43 bits per heavy atom. The number of fused-ring (bicyclic) bond motifs is 1. The summed E-state index contributed by atoms with van der Waals surface area (Å²) in [7, 11) is 0. The topological polar surface area (TPSA) is 87.8 Å². The number of hydrogen-bond donors (Lipinski definition) is 0. The molecule has 3 heterocycles. The highest BCUT2D eigenvalue weighted by molar-refractivity contribution is 5.94. The zero-order valence-electron chi connectivity index (χ0n) is 20.7. The minimum Gasteiger partial charge on any atom is -0.369 e. The maximum Gasteiger partial charge on any atom is 0.274 e. The van der Waals surface area contributed by atoms with Crippen molar-refractivity contribution in [2.45, 2.75) is 64.5 Å². The number of carbonyl (C=O) groups is 1. The summed E-state index contributed by atoms with van der Waals surface area (Å²) in [4.78, 5) is 30.9. The van der Waals surface area contributed by atoms with E-state index in [2.05, 4.69) is 21.4 Å². The zero-order chi connectivity index (χ0) is 24.4. The molecule has 1 unspecified atom stereocenters. The minimum absolute atomic E-state index is 0.124. The van der Waals surface area contributed by atoms with Crippen molar-refractivity contribution in [2.24, 2.45) is 0 Å². The number of piperidine rings is 1. The summed E-state index contributed by atoms with van der Waals surface area (Å²) in [5, 5.41) is 15.8. The minimum atomic E-state index is -0.355. The van der Waals surface area contributed by atoms with Crippen LogP contribution in [0.4, 0.5) is 11.4 Å². The van der Waals surface area contributed by atoms with Crippen LogP contribution in [0.5, 0.6) is 0 Å². The van der Waals surface area contributed by atoms with E-state index >= 15 is 0 Å². The second-order valence-electron chi connectivity index (χ2n) is 10.0. The normalized spacial score (nSPS) is 21.1. The molecule has 0 bridgehead atoms. The predicted octanol–water partition coefficient (Wildman–Crippen LogP) is 3.51. The van der Waals surface area contributed by atoms with Crippen LogP contribution in [-0.4, -0.2) is 75.7 Å². The summed E-state index contributed by atoms with van der Waals surface area (Å²) in [6.07, 6.45) is 7.36. The van der Waals surface area contributed by atoms with Gasteiger partial charge in [0.25, 0.3) is 11.6 Å². The number of nitro benzene ring substituents is 1. The third kappa shape index (κ3) is 4.91. The first-order valence-electron chi connectivity index (χ1n) is 13.2. The van der Waals surface area contributed by atoms with Gasteiger partial charge < -0.3 is 9.80 Å². The van der Waals surface area contributed by atoms with Gasteiger partial charge in [0, 0.05) is 80.9 Å². The molecule has 0 N–H and O–H groups in total. The van der Waals surface area contributed by atoms with E-state index < -0.39 is 0 Å². The molecular weight excluding hydrogens is 444 g/mol. The Labute approximate surface area is 206 Å². The number of nitrogens with zero attached hydrogens (tertiary/aromatic N) is 6. The molecular formula is C26H36N6O3. The van der Waals surface area contributed by atoms with E-state index in [0.717, 1.165) is 90.0 Å². The van der Waals surface area contributed by atoms with Crippen molar-refractivity contribution < 1.29 is 9.72 Å². The Hall–Kier alpha value is -2.94. The molecule has 1 aromatic heterocycles. The van der Waals surface area contributed by atoms with E-state index in [0.29, 0.717) is 11.7 Å². The fraction of sp³-hybridized carbons (Fsp3) is 0.615. The van der Waals surface area contributed by atoms with Crippen LogP contribution in [0.3, 0.4) is 0 Å². The van der Waals surface area contributed by atoms with Gasteiger partial charge in [-0.05, 0) is 57.1 Å². The largest absolute Gasteiger partial charge is 0.369 e. The van der Waals surface area contributed by atoms with Gasteiger partial charge in [-0.2, -0.15) is 5.10 Å². The summed E-state index contributed by atoms with van der Waals surface area (Å²) in [6, 6.07) is 7.29. The monoisotopic (exact) mass is 480 g/mol. The van der Waals surface area contributed by atoms with Crippen LogP contribution in [-0.2, 0) is 19.4 Å². The van der Waals surface area contributed by atoms with Gasteiger partial charge in [-0.25, -0.2) is 0 Å². The molecule has 9 nitrogen and oxygen atoms in total. The summed E-state index contributed by atoms with van der Waals surface area (Å²) >= 11 is 0. The summed E-state index contributed by atoms with van der Waals surface area (Å²) in [5.41, 5.74) is 4.32. The lowest BCUT2D eigenvalue weighted by molar-refractivity contribution is -0.384. The van der Waals surface area contributed by atoms with Crippen LogP contribution in [0, 0.1) is 10.1 Å². The number of aromatic nitrogens is 2. The molecule has 3 aliphatic rings. The summed E-state index contributed by atoms with van der Waals surface area (Å²) in [6.45, 7) is 8.44. The Balaban J connectivity index is 1.27. The Morgan fingerprint density at radius 2 is 1.77 bits per heavy atom. The van der Waals surface area contributed by atoms with Crippen LogP contribution >= 0.6 is 0 Å². The van der Waals surface area contributed by atoms with Crippen molar-refractivity contribution in [3.63, 3.8) is 0 Å². The first kappa shape index (κ1) is 23.8. The average Bonchev–Trinajstić information content (AvgIpc) is 3.27. The van der Waals surface area contributed by atoms with Gasteiger partial charge in [0.2, 0.25) is 0 Å². The third-order valence-corrected chi connectivity index (χ3v) is 7.86. The SMILES string of the molecule is CCCn1nc(C(=O)N2CCCCC2)c2c1CCC(N1CCN(c3ccc([N+](=O)[O-])cc3)CC1)C2. The number of non-ortho nitro benzene ring substituents is 1. The molecule has 2 aromatic rings. The van der Waals surface area contributed by atoms with Crippen molar-refractivity contribution in [3.05, 3.63) is 51.3 Å². The highest BCUT2D eigenvalue weighted by Crippen LogP contribution is 2.30. The molecule has 35 heavy (non-hydrogen) atoms.